The summed E-state index contributed by atoms with van der Waals surface area (Å²) in [5.74, 6) is 1.24. The van der Waals surface area contributed by atoms with Gasteiger partial charge in [0.2, 0.25) is 0 Å². The third-order valence-corrected chi connectivity index (χ3v) is 10.2. The summed E-state index contributed by atoms with van der Waals surface area (Å²) in [4.78, 5) is 24.1. The van der Waals surface area contributed by atoms with Crippen molar-refractivity contribution in [2.75, 3.05) is 20.2 Å². The van der Waals surface area contributed by atoms with E-state index in [9.17, 15) is 9.18 Å². The number of carbonyl (C=O) groups excluding carboxylic acids is 1. The number of nitrogens with zero attached hydrogens (tertiary/aromatic N) is 2. The van der Waals surface area contributed by atoms with Gasteiger partial charge in [-0.1, -0.05) is 31.1 Å². The van der Waals surface area contributed by atoms with Crippen molar-refractivity contribution in [2.24, 2.45) is 50.7 Å². The fraction of sp³-hybridized carbons (Fsp3) is 0.885. The average Bonchev–Trinajstić information content (AvgIpc) is 3.40. The molecule has 0 aromatic heterocycles. The van der Waals surface area contributed by atoms with Crippen LogP contribution in [0.15, 0.2) is 10.3 Å². The molecule has 6 nitrogen and oxygen atoms in total. The number of halogens is 1. The minimum absolute atomic E-state index is 0.0493. The Labute approximate surface area is 197 Å². The number of ketones is 1. The highest BCUT2D eigenvalue weighted by molar-refractivity contribution is 5.97. The molecule has 0 spiro atoms. The standard InChI is InChI=1S/C26H40FN3O3/c1-5-16-21(30-33-15-8-11-28-14-15)7-10-25(2)18-6-9-26(3)19(13-20(27)24(26)31)17(18)12-22(23(16)25)29-32-4/h15-20,23,28H,5-14H2,1-4H3/b29-22+,30-21+. The van der Waals surface area contributed by atoms with E-state index < -0.39 is 11.6 Å². The van der Waals surface area contributed by atoms with Gasteiger partial charge in [0.15, 0.2) is 12.0 Å². The first-order chi connectivity index (χ1) is 15.8. The number of Topliss-reactive ketones (excluding diaryl/α,β-unsaturated/α-hetero) is 1. The van der Waals surface area contributed by atoms with E-state index in [2.05, 4.69) is 24.3 Å². The second kappa shape index (κ2) is 8.62. The Morgan fingerprint density at radius 2 is 1.97 bits per heavy atom. The molecular weight excluding hydrogens is 421 g/mol. The van der Waals surface area contributed by atoms with Crippen molar-refractivity contribution in [1.29, 1.82) is 0 Å². The second-order valence-corrected chi connectivity index (χ2v) is 11.7. The van der Waals surface area contributed by atoms with Gasteiger partial charge in [-0.25, -0.2) is 4.39 Å². The van der Waals surface area contributed by atoms with Gasteiger partial charge in [0.1, 0.15) is 13.2 Å². The van der Waals surface area contributed by atoms with Crippen LogP contribution in [0.3, 0.4) is 0 Å². The van der Waals surface area contributed by atoms with Crippen LogP contribution in [0.4, 0.5) is 4.39 Å². The Balaban J connectivity index is 1.47. The SMILES string of the molecule is CCC1/C(=N/OC2CCNC2)CCC2(C)C3CCC4(C)C(=O)C(F)CC4C3C/C(=N\OC)C12. The summed E-state index contributed by atoms with van der Waals surface area (Å²) in [7, 11) is 1.62. The Kier molecular flexibility index (Phi) is 6.07. The van der Waals surface area contributed by atoms with Gasteiger partial charge in [-0.15, -0.1) is 0 Å². The van der Waals surface area contributed by atoms with Gasteiger partial charge in [0.05, 0.1) is 11.4 Å². The molecule has 33 heavy (non-hydrogen) atoms. The molecule has 5 aliphatic rings. The Bertz CT molecular complexity index is 841. The van der Waals surface area contributed by atoms with E-state index in [-0.39, 0.29) is 35.1 Å². The maximum absolute atomic E-state index is 14.6. The minimum Gasteiger partial charge on any atom is -0.399 e. The topological polar surface area (TPSA) is 72.3 Å². The van der Waals surface area contributed by atoms with Gasteiger partial charge < -0.3 is 15.0 Å². The Morgan fingerprint density at radius 1 is 1.15 bits per heavy atom. The van der Waals surface area contributed by atoms with Crippen molar-refractivity contribution < 1.29 is 18.9 Å². The highest BCUT2D eigenvalue weighted by atomic mass is 19.1. The quantitative estimate of drug-likeness (QED) is 0.625. The number of nitrogens with one attached hydrogen (secondary N) is 1. The molecule has 0 radical (unpaired) electrons. The lowest BCUT2D eigenvalue weighted by atomic mass is 9.43. The van der Waals surface area contributed by atoms with E-state index in [1.807, 2.05) is 6.92 Å². The average molecular weight is 462 g/mol. The Hall–Kier alpha value is -1.50. The second-order valence-electron chi connectivity index (χ2n) is 11.7. The van der Waals surface area contributed by atoms with Crippen LogP contribution >= 0.6 is 0 Å². The molecule has 0 amide bonds. The molecule has 4 saturated carbocycles. The summed E-state index contributed by atoms with van der Waals surface area (Å²) in [5.41, 5.74) is 1.78. The molecule has 1 aliphatic heterocycles. The minimum atomic E-state index is -1.30. The van der Waals surface area contributed by atoms with Crippen molar-refractivity contribution in [3.8, 4) is 0 Å². The van der Waals surface area contributed by atoms with Gasteiger partial charge in [-0.3, -0.25) is 4.79 Å². The molecule has 0 aromatic carbocycles. The van der Waals surface area contributed by atoms with Gasteiger partial charge in [0.25, 0.3) is 0 Å². The molecule has 4 aliphatic carbocycles. The van der Waals surface area contributed by atoms with Crippen LogP contribution in [-0.4, -0.2) is 49.7 Å². The molecule has 1 heterocycles. The maximum Gasteiger partial charge on any atom is 0.173 e. The molecule has 1 N–H and O–H groups in total. The van der Waals surface area contributed by atoms with Crippen molar-refractivity contribution in [1.82, 2.24) is 5.32 Å². The zero-order chi connectivity index (χ0) is 23.4. The summed E-state index contributed by atoms with van der Waals surface area (Å²) < 4.78 is 14.6. The lowest BCUT2D eigenvalue weighted by Gasteiger charge is -2.61. The lowest BCUT2D eigenvalue weighted by Crippen LogP contribution is -2.59. The van der Waals surface area contributed by atoms with Crippen LogP contribution in [0.2, 0.25) is 0 Å². The van der Waals surface area contributed by atoms with Crippen molar-refractivity contribution >= 4 is 17.2 Å². The number of alkyl halides is 1. The lowest BCUT2D eigenvalue weighted by molar-refractivity contribution is -0.136. The zero-order valence-corrected chi connectivity index (χ0v) is 20.6. The molecule has 7 heteroatoms. The summed E-state index contributed by atoms with van der Waals surface area (Å²) in [6.45, 7) is 8.54. The van der Waals surface area contributed by atoms with Crippen LogP contribution in [0.1, 0.15) is 72.1 Å². The predicted octanol–water partition coefficient (Wildman–Crippen LogP) is 4.53. The summed E-state index contributed by atoms with van der Waals surface area (Å²) in [6.07, 6.45) is 5.80. The van der Waals surface area contributed by atoms with E-state index in [0.717, 1.165) is 69.5 Å². The van der Waals surface area contributed by atoms with Gasteiger partial charge in [-0.05, 0) is 74.7 Å². The van der Waals surface area contributed by atoms with Gasteiger partial charge in [0, 0.05) is 30.2 Å². The third kappa shape index (κ3) is 3.55. The monoisotopic (exact) mass is 461 g/mol. The van der Waals surface area contributed by atoms with E-state index >= 15 is 0 Å². The first-order valence-corrected chi connectivity index (χ1v) is 13.0. The number of oxime groups is 2. The first-order valence-electron chi connectivity index (χ1n) is 13.0. The van der Waals surface area contributed by atoms with Crippen LogP contribution in [-0.2, 0) is 14.5 Å². The molecule has 0 aromatic rings. The van der Waals surface area contributed by atoms with E-state index in [1.165, 1.54) is 0 Å². The molecule has 0 bridgehead atoms. The van der Waals surface area contributed by atoms with Crippen LogP contribution in [0, 0.1) is 40.4 Å². The zero-order valence-electron chi connectivity index (χ0n) is 20.6. The van der Waals surface area contributed by atoms with Crippen LogP contribution < -0.4 is 5.32 Å². The summed E-state index contributed by atoms with van der Waals surface area (Å²) in [6, 6.07) is 0. The third-order valence-electron chi connectivity index (χ3n) is 10.2. The molecule has 9 unspecified atom stereocenters. The fourth-order valence-electron chi connectivity index (χ4n) is 8.58. The van der Waals surface area contributed by atoms with Crippen LogP contribution in [0.25, 0.3) is 0 Å². The van der Waals surface area contributed by atoms with E-state index in [0.29, 0.717) is 18.3 Å². The normalized spacial score (nSPS) is 49.6. The summed E-state index contributed by atoms with van der Waals surface area (Å²) >= 11 is 0. The smallest absolute Gasteiger partial charge is 0.173 e. The largest absolute Gasteiger partial charge is 0.399 e. The molecule has 184 valence electrons. The van der Waals surface area contributed by atoms with Gasteiger partial charge in [-0.2, -0.15) is 0 Å². The highest BCUT2D eigenvalue weighted by Crippen LogP contribution is 2.65. The molecule has 5 fully saturated rings. The molecule has 9 atom stereocenters. The number of carbonyl (C=O) groups is 1. The molecular formula is C26H40FN3O3. The fourth-order valence-corrected chi connectivity index (χ4v) is 8.58. The number of rotatable bonds is 4. The Morgan fingerprint density at radius 3 is 2.67 bits per heavy atom. The van der Waals surface area contributed by atoms with E-state index in [4.69, 9.17) is 14.8 Å². The number of hydrogen-bond donors (Lipinski definition) is 1. The first kappa shape index (κ1) is 23.3. The summed E-state index contributed by atoms with van der Waals surface area (Å²) in [5, 5.41) is 12.6. The number of fused-ring (bicyclic) bond motifs is 5. The van der Waals surface area contributed by atoms with Gasteiger partial charge >= 0.3 is 0 Å². The highest BCUT2D eigenvalue weighted by Gasteiger charge is 2.65. The molecule has 5 rings (SSSR count). The molecule has 1 saturated heterocycles. The maximum atomic E-state index is 14.6. The number of hydrogen-bond acceptors (Lipinski definition) is 6. The van der Waals surface area contributed by atoms with Crippen molar-refractivity contribution in [3.05, 3.63) is 0 Å². The predicted molar refractivity (Wildman–Crippen MR) is 126 cm³/mol. The van der Waals surface area contributed by atoms with Crippen molar-refractivity contribution in [3.63, 3.8) is 0 Å². The van der Waals surface area contributed by atoms with E-state index in [1.54, 1.807) is 7.11 Å². The van der Waals surface area contributed by atoms with Crippen LogP contribution in [0.5, 0.6) is 0 Å². The van der Waals surface area contributed by atoms with Crippen molar-refractivity contribution in [2.45, 2.75) is 84.4 Å².